The molecule has 92 valence electrons. The van der Waals surface area contributed by atoms with E-state index in [0.717, 1.165) is 27.3 Å². The Bertz CT molecular complexity index is 764. The molecular weight excluding hydrogens is 244 g/mol. The fourth-order valence-electron chi connectivity index (χ4n) is 2.15. The molecule has 0 amide bonds. The standard InChI is InChI=1S/C14H14N2OS/c1-9-3-6-12-13(7-9)16(14(18)15-12)8-11-5-4-10(2)17-11/h3-7H,8H2,1-2H3,(H,15,18). The smallest absolute Gasteiger partial charge is 0.178 e. The van der Waals surface area contributed by atoms with Gasteiger partial charge in [0.15, 0.2) is 4.77 Å². The molecule has 0 aliphatic rings. The summed E-state index contributed by atoms with van der Waals surface area (Å²) in [5, 5.41) is 0. The van der Waals surface area contributed by atoms with Gasteiger partial charge in [0.25, 0.3) is 0 Å². The number of nitrogens with zero attached hydrogens (tertiary/aromatic N) is 1. The van der Waals surface area contributed by atoms with Gasteiger partial charge in [0.2, 0.25) is 0 Å². The fraction of sp³-hybridized carbons (Fsp3) is 0.214. The minimum Gasteiger partial charge on any atom is -0.464 e. The van der Waals surface area contributed by atoms with E-state index in [4.69, 9.17) is 16.6 Å². The number of fused-ring (bicyclic) bond motifs is 1. The lowest BCUT2D eigenvalue weighted by Crippen LogP contribution is -1.98. The zero-order valence-corrected chi connectivity index (χ0v) is 11.2. The van der Waals surface area contributed by atoms with Gasteiger partial charge in [0.05, 0.1) is 17.6 Å². The van der Waals surface area contributed by atoms with Crippen LogP contribution in [0.25, 0.3) is 11.0 Å². The predicted molar refractivity (Wildman–Crippen MR) is 74.4 cm³/mol. The maximum Gasteiger partial charge on any atom is 0.178 e. The van der Waals surface area contributed by atoms with Gasteiger partial charge in [-0.25, -0.2) is 0 Å². The lowest BCUT2D eigenvalue weighted by Gasteiger charge is -2.02. The highest BCUT2D eigenvalue weighted by Crippen LogP contribution is 2.18. The SMILES string of the molecule is Cc1ccc2[nH]c(=S)n(Cc3ccc(C)o3)c2c1. The lowest BCUT2D eigenvalue weighted by molar-refractivity contribution is 0.471. The first-order valence-electron chi connectivity index (χ1n) is 5.88. The van der Waals surface area contributed by atoms with Crippen LogP contribution in [0.5, 0.6) is 0 Å². The summed E-state index contributed by atoms with van der Waals surface area (Å²) < 4.78 is 8.40. The molecule has 0 aliphatic heterocycles. The molecule has 0 radical (unpaired) electrons. The molecule has 1 N–H and O–H groups in total. The number of rotatable bonds is 2. The highest BCUT2D eigenvalue weighted by atomic mass is 32.1. The van der Waals surface area contributed by atoms with Crippen molar-refractivity contribution in [2.45, 2.75) is 20.4 Å². The predicted octanol–water partition coefficient (Wildman–Crippen LogP) is 3.96. The summed E-state index contributed by atoms with van der Waals surface area (Å²) in [7, 11) is 0. The van der Waals surface area contributed by atoms with Crippen molar-refractivity contribution in [3.05, 3.63) is 52.2 Å². The van der Waals surface area contributed by atoms with E-state index in [1.807, 2.05) is 19.1 Å². The molecule has 0 fully saturated rings. The zero-order valence-electron chi connectivity index (χ0n) is 10.4. The average Bonchev–Trinajstić information content (AvgIpc) is 2.86. The van der Waals surface area contributed by atoms with Gasteiger partial charge in [-0.3, -0.25) is 0 Å². The maximum atomic E-state index is 5.61. The Kier molecular flexibility index (Phi) is 2.59. The Morgan fingerprint density at radius 3 is 2.78 bits per heavy atom. The number of aromatic nitrogens is 2. The van der Waals surface area contributed by atoms with Gasteiger partial charge in [-0.1, -0.05) is 6.07 Å². The zero-order chi connectivity index (χ0) is 12.7. The van der Waals surface area contributed by atoms with Gasteiger partial charge in [0, 0.05) is 0 Å². The number of aryl methyl sites for hydroxylation is 2. The van der Waals surface area contributed by atoms with Crippen LogP contribution in [0.3, 0.4) is 0 Å². The molecule has 0 spiro atoms. The summed E-state index contributed by atoms with van der Waals surface area (Å²) in [5.74, 6) is 1.85. The minimum atomic E-state index is 0.663. The van der Waals surface area contributed by atoms with Gasteiger partial charge in [-0.2, -0.15) is 0 Å². The van der Waals surface area contributed by atoms with Crippen LogP contribution in [0.4, 0.5) is 0 Å². The highest BCUT2D eigenvalue weighted by Gasteiger charge is 2.07. The van der Waals surface area contributed by atoms with Gasteiger partial charge < -0.3 is 14.0 Å². The minimum absolute atomic E-state index is 0.663. The second kappa shape index (κ2) is 4.14. The summed E-state index contributed by atoms with van der Waals surface area (Å²) in [4.78, 5) is 3.22. The summed E-state index contributed by atoms with van der Waals surface area (Å²) in [6.45, 7) is 4.69. The van der Waals surface area contributed by atoms with Gasteiger partial charge in [0.1, 0.15) is 11.5 Å². The molecule has 0 bridgehead atoms. The number of H-pyrrole nitrogens is 1. The number of benzene rings is 1. The molecule has 0 saturated carbocycles. The summed E-state index contributed by atoms with van der Waals surface area (Å²) >= 11 is 5.37. The third-order valence-electron chi connectivity index (χ3n) is 3.04. The summed E-state index contributed by atoms with van der Waals surface area (Å²) in [5.41, 5.74) is 3.41. The van der Waals surface area contributed by atoms with Crippen LogP contribution in [0.15, 0.2) is 34.7 Å². The second-order valence-electron chi connectivity index (χ2n) is 4.55. The fourth-order valence-corrected chi connectivity index (χ4v) is 2.42. The number of aromatic amines is 1. The van der Waals surface area contributed by atoms with E-state index in [9.17, 15) is 0 Å². The molecule has 3 nitrogen and oxygen atoms in total. The third kappa shape index (κ3) is 1.88. The van der Waals surface area contributed by atoms with Crippen LogP contribution in [0.2, 0.25) is 0 Å². The van der Waals surface area contributed by atoms with Crippen molar-refractivity contribution in [3.63, 3.8) is 0 Å². The summed E-state index contributed by atoms with van der Waals surface area (Å²) in [6.07, 6.45) is 0. The molecule has 4 heteroatoms. The van der Waals surface area contributed by atoms with Gasteiger partial charge in [-0.15, -0.1) is 0 Å². The lowest BCUT2D eigenvalue weighted by atomic mass is 10.2. The molecule has 2 heterocycles. The van der Waals surface area contributed by atoms with Crippen LogP contribution < -0.4 is 0 Å². The Hall–Kier alpha value is -1.81. The summed E-state index contributed by atoms with van der Waals surface area (Å²) in [6, 6.07) is 10.2. The van der Waals surface area contributed by atoms with E-state index in [2.05, 4.69) is 34.7 Å². The van der Waals surface area contributed by atoms with Crippen LogP contribution in [-0.4, -0.2) is 9.55 Å². The first-order valence-corrected chi connectivity index (χ1v) is 6.29. The molecule has 0 saturated heterocycles. The molecule has 2 aromatic heterocycles. The molecule has 1 aromatic carbocycles. The normalized spacial score (nSPS) is 11.2. The molecule has 3 aromatic rings. The molecule has 0 unspecified atom stereocenters. The second-order valence-corrected chi connectivity index (χ2v) is 4.94. The average molecular weight is 258 g/mol. The molecule has 0 aliphatic carbocycles. The largest absolute Gasteiger partial charge is 0.464 e. The Balaban J connectivity index is 2.13. The van der Waals surface area contributed by atoms with Crippen molar-refractivity contribution >= 4 is 23.3 Å². The van der Waals surface area contributed by atoms with E-state index in [1.54, 1.807) is 0 Å². The topological polar surface area (TPSA) is 33.9 Å². The van der Waals surface area contributed by atoms with Crippen molar-refractivity contribution in [2.75, 3.05) is 0 Å². The van der Waals surface area contributed by atoms with E-state index in [0.29, 0.717) is 6.54 Å². The number of imidazole rings is 1. The van der Waals surface area contributed by atoms with Gasteiger partial charge >= 0.3 is 0 Å². The van der Waals surface area contributed by atoms with E-state index >= 15 is 0 Å². The number of hydrogen-bond donors (Lipinski definition) is 1. The number of furan rings is 1. The van der Waals surface area contributed by atoms with Crippen LogP contribution in [-0.2, 0) is 6.54 Å². The van der Waals surface area contributed by atoms with E-state index < -0.39 is 0 Å². The number of nitrogens with one attached hydrogen (secondary N) is 1. The van der Waals surface area contributed by atoms with Crippen molar-refractivity contribution in [2.24, 2.45) is 0 Å². The monoisotopic (exact) mass is 258 g/mol. The van der Waals surface area contributed by atoms with Crippen molar-refractivity contribution in [1.82, 2.24) is 9.55 Å². The Morgan fingerprint density at radius 1 is 1.22 bits per heavy atom. The van der Waals surface area contributed by atoms with Gasteiger partial charge in [-0.05, 0) is 55.9 Å². The first kappa shape index (κ1) is 11.3. The van der Waals surface area contributed by atoms with Crippen molar-refractivity contribution in [1.29, 1.82) is 0 Å². The Labute approximate surface area is 110 Å². The Morgan fingerprint density at radius 2 is 2.06 bits per heavy atom. The van der Waals surface area contributed by atoms with E-state index in [-0.39, 0.29) is 0 Å². The van der Waals surface area contributed by atoms with Crippen LogP contribution in [0, 0.1) is 18.6 Å². The third-order valence-corrected chi connectivity index (χ3v) is 3.36. The molecular formula is C14H14N2OS. The van der Waals surface area contributed by atoms with E-state index in [1.165, 1.54) is 5.56 Å². The maximum absolute atomic E-state index is 5.61. The molecule has 3 rings (SSSR count). The van der Waals surface area contributed by atoms with Crippen LogP contribution in [0.1, 0.15) is 17.1 Å². The van der Waals surface area contributed by atoms with Crippen molar-refractivity contribution < 1.29 is 4.42 Å². The highest BCUT2D eigenvalue weighted by molar-refractivity contribution is 7.71. The van der Waals surface area contributed by atoms with Crippen LogP contribution >= 0.6 is 12.2 Å². The number of hydrogen-bond acceptors (Lipinski definition) is 2. The quantitative estimate of drug-likeness (QED) is 0.706. The first-order chi connectivity index (χ1) is 8.63. The molecule has 0 atom stereocenters. The van der Waals surface area contributed by atoms with Crippen molar-refractivity contribution in [3.8, 4) is 0 Å². The molecule has 18 heavy (non-hydrogen) atoms.